The lowest BCUT2D eigenvalue weighted by molar-refractivity contribution is -0.200. The lowest BCUT2D eigenvalue weighted by Crippen LogP contribution is -2.31. The second-order valence-corrected chi connectivity index (χ2v) is 5.67. The van der Waals surface area contributed by atoms with Crippen molar-refractivity contribution >= 4 is 5.91 Å². The quantitative estimate of drug-likeness (QED) is 0.720. The maximum Gasteiger partial charge on any atom is 0.270 e. The number of hydrogen-bond acceptors (Lipinski definition) is 6. The molecule has 1 amide bonds. The summed E-state index contributed by atoms with van der Waals surface area (Å²) in [4.78, 5) is 15.3. The highest BCUT2D eigenvalue weighted by molar-refractivity contribution is 5.93. The standard InChI is InChI=1S/C14H17N3O5/c1-4-7-9(12(15)19)16-6-17(7)13-11-10(8(5-18)20-13)21-14(2,3)22-11/h1,6,8,10-11,13,18H,5H2,2-3H3,(H2,15,19)/t8-,10?,11?,13-/m1/s1. The Morgan fingerprint density at radius 2 is 2.23 bits per heavy atom. The second-order valence-electron chi connectivity index (χ2n) is 5.67. The molecule has 1 aromatic rings. The molecule has 3 rings (SSSR count). The van der Waals surface area contributed by atoms with E-state index in [1.165, 1.54) is 10.9 Å². The summed E-state index contributed by atoms with van der Waals surface area (Å²) in [5, 5.41) is 9.47. The molecule has 0 radical (unpaired) electrons. The van der Waals surface area contributed by atoms with Gasteiger partial charge < -0.3 is 25.1 Å². The average Bonchev–Trinajstić information content (AvgIpc) is 3.08. The summed E-state index contributed by atoms with van der Waals surface area (Å²) < 4.78 is 18.9. The number of imidazole rings is 1. The fourth-order valence-electron chi connectivity index (χ4n) is 2.91. The number of nitrogens with zero attached hydrogens (tertiary/aromatic N) is 2. The molecule has 2 saturated heterocycles. The molecule has 2 fully saturated rings. The molecule has 8 heteroatoms. The van der Waals surface area contributed by atoms with E-state index in [1.54, 1.807) is 13.8 Å². The molecular formula is C14H17N3O5. The first-order chi connectivity index (χ1) is 10.4. The van der Waals surface area contributed by atoms with Gasteiger partial charge in [0.2, 0.25) is 0 Å². The van der Waals surface area contributed by atoms with E-state index in [-0.39, 0.29) is 18.0 Å². The Morgan fingerprint density at radius 3 is 2.82 bits per heavy atom. The van der Waals surface area contributed by atoms with Crippen LogP contribution in [0.15, 0.2) is 6.33 Å². The fraction of sp³-hybridized carbons (Fsp3) is 0.571. The Kier molecular flexibility index (Phi) is 3.45. The molecule has 4 atom stereocenters. The van der Waals surface area contributed by atoms with Gasteiger partial charge in [-0.1, -0.05) is 0 Å². The number of fused-ring (bicyclic) bond motifs is 1. The van der Waals surface area contributed by atoms with Crippen LogP contribution in [0.1, 0.15) is 36.3 Å². The second kappa shape index (κ2) is 5.07. The van der Waals surface area contributed by atoms with E-state index in [0.717, 1.165) is 0 Å². The zero-order valence-electron chi connectivity index (χ0n) is 12.2. The van der Waals surface area contributed by atoms with Gasteiger partial charge in [-0.3, -0.25) is 9.36 Å². The zero-order chi connectivity index (χ0) is 16.1. The Hall–Kier alpha value is -1.92. The van der Waals surface area contributed by atoms with E-state index in [4.69, 9.17) is 26.4 Å². The molecule has 0 spiro atoms. The number of primary amides is 1. The largest absolute Gasteiger partial charge is 0.394 e. The van der Waals surface area contributed by atoms with Gasteiger partial charge in [-0.25, -0.2) is 4.98 Å². The molecule has 3 heterocycles. The molecule has 8 nitrogen and oxygen atoms in total. The van der Waals surface area contributed by atoms with Crippen LogP contribution in [-0.4, -0.2) is 51.3 Å². The van der Waals surface area contributed by atoms with Crippen LogP contribution in [0.5, 0.6) is 0 Å². The van der Waals surface area contributed by atoms with E-state index < -0.39 is 36.2 Å². The number of terminal acetylenes is 1. The third kappa shape index (κ3) is 2.19. The van der Waals surface area contributed by atoms with E-state index in [1.807, 2.05) is 0 Å². The van der Waals surface area contributed by atoms with Crippen molar-refractivity contribution in [2.45, 2.75) is 44.2 Å². The highest BCUT2D eigenvalue weighted by Gasteiger charge is 2.56. The smallest absolute Gasteiger partial charge is 0.270 e. The Balaban J connectivity index is 1.99. The number of aliphatic hydroxyl groups is 1. The van der Waals surface area contributed by atoms with E-state index >= 15 is 0 Å². The molecule has 0 aliphatic carbocycles. The molecule has 1 aromatic heterocycles. The summed E-state index contributed by atoms with van der Waals surface area (Å²) in [7, 11) is 0. The Bertz CT molecular complexity index is 647. The van der Waals surface area contributed by atoms with Gasteiger partial charge in [0.05, 0.1) is 12.9 Å². The summed E-state index contributed by atoms with van der Waals surface area (Å²) >= 11 is 0. The number of carbonyl (C=O) groups is 1. The van der Waals surface area contributed by atoms with Crippen molar-refractivity contribution in [3.05, 3.63) is 17.7 Å². The first-order valence-electron chi connectivity index (χ1n) is 6.83. The van der Waals surface area contributed by atoms with Gasteiger partial charge in [0.15, 0.2) is 17.7 Å². The highest BCUT2D eigenvalue weighted by atomic mass is 16.8. The van der Waals surface area contributed by atoms with Crippen LogP contribution in [0, 0.1) is 12.3 Å². The number of rotatable bonds is 3. The minimum absolute atomic E-state index is 0.00623. The van der Waals surface area contributed by atoms with Gasteiger partial charge in [0, 0.05) is 0 Å². The minimum atomic E-state index is -0.797. The molecule has 2 aliphatic heterocycles. The molecule has 0 aromatic carbocycles. The molecular weight excluding hydrogens is 290 g/mol. The molecule has 0 bridgehead atoms. The summed E-state index contributed by atoms with van der Waals surface area (Å²) in [5.74, 6) is 0.881. The summed E-state index contributed by atoms with van der Waals surface area (Å²) in [6.07, 6.45) is 4.72. The molecule has 2 aliphatic rings. The lowest BCUT2D eigenvalue weighted by atomic mass is 10.1. The normalized spacial score (nSPS) is 32.6. The molecule has 118 valence electrons. The van der Waals surface area contributed by atoms with Gasteiger partial charge in [-0.05, 0) is 19.8 Å². The maximum absolute atomic E-state index is 11.4. The van der Waals surface area contributed by atoms with Crippen LogP contribution in [0.25, 0.3) is 0 Å². The Morgan fingerprint density at radius 1 is 1.55 bits per heavy atom. The van der Waals surface area contributed by atoms with Gasteiger partial charge in [-0.15, -0.1) is 6.42 Å². The maximum atomic E-state index is 11.4. The zero-order valence-corrected chi connectivity index (χ0v) is 12.2. The van der Waals surface area contributed by atoms with Crippen LogP contribution >= 0.6 is 0 Å². The monoisotopic (exact) mass is 307 g/mol. The molecule has 0 saturated carbocycles. The third-order valence-corrected chi connectivity index (χ3v) is 3.74. The van der Waals surface area contributed by atoms with Crippen LogP contribution in [0.4, 0.5) is 0 Å². The first kappa shape index (κ1) is 15.0. The van der Waals surface area contributed by atoms with Crippen molar-refractivity contribution in [1.29, 1.82) is 0 Å². The minimum Gasteiger partial charge on any atom is -0.394 e. The van der Waals surface area contributed by atoms with Gasteiger partial charge in [-0.2, -0.15) is 0 Å². The first-order valence-corrected chi connectivity index (χ1v) is 6.83. The topological polar surface area (TPSA) is 109 Å². The molecule has 22 heavy (non-hydrogen) atoms. The van der Waals surface area contributed by atoms with E-state index in [0.29, 0.717) is 0 Å². The van der Waals surface area contributed by atoms with Crippen molar-refractivity contribution in [1.82, 2.24) is 9.55 Å². The van der Waals surface area contributed by atoms with Crippen molar-refractivity contribution in [3.63, 3.8) is 0 Å². The number of nitrogens with two attached hydrogens (primary N) is 1. The number of aromatic nitrogens is 2. The van der Waals surface area contributed by atoms with Crippen molar-refractivity contribution < 1.29 is 24.1 Å². The van der Waals surface area contributed by atoms with Crippen molar-refractivity contribution in [3.8, 4) is 12.3 Å². The number of hydrogen-bond donors (Lipinski definition) is 2. The molecule has 2 unspecified atom stereocenters. The number of ether oxygens (including phenoxy) is 3. The fourth-order valence-corrected chi connectivity index (χ4v) is 2.91. The summed E-state index contributed by atoms with van der Waals surface area (Å²) in [6.45, 7) is 3.34. The van der Waals surface area contributed by atoms with E-state index in [2.05, 4.69) is 10.9 Å². The summed E-state index contributed by atoms with van der Waals surface area (Å²) in [6, 6.07) is 0. The third-order valence-electron chi connectivity index (χ3n) is 3.74. The lowest BCUT2D eigenvalue weighted by Gasteiger charge is -2.24. The van der Waals surface area contributed by atoms with Crippen LogP contribution in [0.2, 0.25) is 0 Å². The number of carbonyl (C=O) groups excluding carboxylic acids is 1. The van der Waals surface area contributed by atoms with Crippen LogP contribution in [-0.2, 0) is 14.2 Å². The van der Waals surface area contributed by atoms with Gasteiger partial charge in [0.1, 0.15) is 24.0 Å². The summed E-state index contributed by atoms with van der Waals surface area (Å²) in [5.41, 5.74) is 5.46. The van der Waals surface area contributed by atoms with Gasteiger partial charge >= 0.3 is 0 Å². The SMILES string of the molecule is C#Cc1c(C(N)=O)ncn1[C@@H]1O[C@H](CO)C2OC(C)(C)OC21. The number of amides is 1. The molecule has 3 N–H and O–H groups in total. The predicted molar refractivity (Wildman–Crippen MR) is 73.5 cm³/mol. The average molecular weight is 307 g/mol. The van der Waals surface area contributed by atoms with E-state index in [9.17, 15) is 9.90 Å². The van der Waals surface area contributed by atoms with Crippen LogP contribution in [0.3, 0.4) is 0 Å². The van der Waals surface area contributed by atoms with Crippen LogP contribution < -0.4 is 5.73 Å². The predicted octanol–water partition coefficient (Wildman–Crippen LogP) is -0.627. The van der Waals surface area contributed by atoms with Gasteiger partial charge in [0.25, 0.3) is 5.91 Å². The Labute approximate surface area is 127 Å². The van der Waals surface area contributed by atoms with Crippen molar-refractivity contribution in [2.75, 3.05) is 6.61 Å². The highest BCUT2D eigenvalue weighted by Crippen LogP contribution is 2.43. The van der Waals surface area contributed by atoms with Crippen molar-refractivity contribution in [2.24, 2.45) is 5.73 Å². The number of aliphatic hydroxyl groups excluding tert-OH is 1.